The van der Waals surface area contributed by atoms with E-state index in [2.05, 4.69) is 23.5 Å². The number of hydrogen-bond donors (Lipinski definition) is 1. The molecule has 0 atom stereocenters. The number of thiazole rings is 1. The summed E-state index contributed by atoms with van der Waals surface area (Å²) in [5.74, 6) is -0.307. The third-order valence-electron chi connectivity index (χ3n) is 3.44. The number of halogens is 1. The largest absolute Gasteiger partial charge is 0.364 e. The molecule has 5 heteroatoms. The minimum atomic E-state index is -0.307. The zero-order chi connectivity index (χ0) is 17.5. The second-order valence-corrected chi connectivity index (χ2v) is 6.27. The Balaban J connectivity index is 2.40. The topological polar surface area (TPSA) is 41.0 Å². The van der Waals surface area contributed by atoms with E-state index in [4.69, 9.17) is 4.98 Å². The van der Waals surface area contributed by atoms with Crippen LogP contribution in [0, 0.1) is 6.92 Å². The first-order valence-electron chi connectivity index (χ1n) is 7.89. The normalized spacial score (nSPS) is 13.0. The lowest BCUT2D eigenvalue weighted by molar-refractivity contribution is 0.637. The molecule has 0 saturated heterocycles. The number of hydrogen-bond acceptors (Lipinski definition) is 3. The Hall–Kier alpha value is -2.27. The molecule has 0 fully saturated rings. The third-order valence-corrected chi connectivity index (χ3v) is 4.33. The van der Waals surface area contributed by atoms with Crippen LogP contribution in [0.4, 0.5) is 4.39 Å². The molecule has 0 amide bonds. The Morgan fingerprint density at radius 3 is 2.96 bits per heavy atom. The van der Waals surface area contributed by atoms with Crippen molar-refractivity contribution in [3.63, 3.8) is 0 Å². The number of aliphatic imine (C=N–C) groups is 1. The van der Waals surface area contributed by atoms with E-state index in [1.807, 2.05) is 30.7 Å². The molecule has 0 aliphatic carbocycles. The Kier molecular flexibility index (Phi) is 6.44. The summed E-state index contributed by atoms with van der Waals surface area (Å²) in [5, 5.41) is 2.85. The monoisotopic (exact) mass is 343 g/mol. The van der Waals surface area contributed by atoms with Gasteiger partial charge in [-0.05, 0) is 20.3 Å². The van der Waals surface area contributed by atoms with Crippen LogP contribution in [-0.2, 0) is 0 Å². The number of nitrogens with one attached hydrogen (secondary N) is 1. The smallest absolute Gasteiger partial charge is 0.138 e. The highest BCUT2D eigenvalue weighted by atomic mass is 32.1. The van der Waals surface area contributed by atoms with Crippen LogP contribution in [0.1, 0.15) is 43.0 Å². The molecule has 2 aromatic rings. The van der Waals surface area contributed by atoms with Gasteiger partial charge in [0.25, 0.3) is 0 Å². The zero-order valence-corrected chi connectivity index (χ0v) is 15.1. The van der Waals surface area contributed by atoms with Gasteiger partial charge in [-0.3, -0.25) is 4.99 Å². The summed E-state index contributed by atoms with van der Waals surface area (Å²) in [6, 6.07) is 0. The molecule has 0 saturated carbocycles. The molecule has 0 radical (unpaired) electrons. The summed E-state index contributed by atoms with van der Waals surface area (Å²) in [6.45, 7) is 9.20. The maximum atomic E-state index is 13.0. The van der Waals surface area contributed by atoms with Gasteiger partial charge in [0.05, 0.1) is 17.6 Å². The van der Waals surface area contributed by atoms with Gasteiger partial charge in [-0.1, -0.05) is 38.2 Å². The van der Waals surface area contributed by atoms with Crippen molar-refractivity contribution in [3.05, 3.63) is 58.6 Å². The maximum absolute atomic E-state index is 13.0. The van der Waals surface area contributed by atoms with Crippen LogP contribution < -0.4 is 0 Å². The third kappa shape index (κ3) is 4.38. The molecule has 1 N–H and O–H groups in total. The van der Waals surface area contributed by atoms with Crippen LogP contribution in [0.2, 0.25) is 0 Å². The zero-order valence-electron chi connectivity index (χ0n) is 14.3. The van der Waals surface area contributed by atoms with Crippen molar-refractivity contribution in [1.82, 2.24) is 9.97 Å². The number of rotatable bonds is 7. The summed E-state index contributed by atoms with van der Waals surface area (Å²) in [6.07, 6.45) is 10.6. The molecule has 126 valence electrons. The van der Waals surface area contributed by atoms with Gasteiger partial charge >= 0.3 is 0 Å². The van der Waals surface area contributed by atoms with E-state index < -0.39 is 0 Å². The lowest BCUT2D eigenvalue weighted by Gasteiger charge is -2.00. The minimum Gasteiger partial charge on any atom is -0.364 e. The van der Waals surface area contributed by atoms with Gasteiger partial charge in [0.1, 0.15) is 10.8 Å². The highest BCUT2D eigenvalue weighted by Crippen LogP contribution is 2.29. The number of aryl methyl sites for hydroxylation is 1. The average molecular weight is 343 g/mol. The second kappa shape index (κ2) is 8.55. The number of nitrogens with zero attached hydrogens (tertiary/aromatic N) is 2. The molecule has 0 aliphatic heterocycles. The summed E-state index contributed by atoms with van der Waals surface area (Å²) in [5.41, 5.74) is 4.94. The maximum Gasteiger partial charge on any atom is 0.138 e. The molecular formula is C19H22FN3S. The van der Waals surface area contributed by atoms with Crippen molar-refractivity contribution in [3.8, 4) is 11.3 Å². The van der Waals surface area contributed by atoms with E-state index >= 15 is 0 Å². The fourth-order valence-corrected chi connectivity index (χ4v) is 3.13. The van der Waals surface area contributed by atoms with Crippen LogP contribution in [0.3, 0.4) is 0 Å². The van der Waals surface area contributed by atoms with Gasteiger partial charge in [-0.2, -0.15) is 0 Å². The Bertz CT molecular complexity index is 789. The molecule has 2 aromatic heterocycles. The first kappa shape index (κ1) is 18.1. The summed E-state index contributed by atoms with van der Waals surface area (Å²) < 4.78 is 13.0. The molecule has 0 aromatic carbocycles. The van der Waals surface area contributed by atoms with Gasteiger partial charge in [-0.25, -0.2) is 9.37 Å². The molecule has 2 heterocycles. The van der Waals surface area contributed by atoms with Crippen LogP contribution in [0.5, 0.6) is 0 Å². The fraction of sp³-hybridized carbons (Fsp3) is 0.263. The predicted octanol–water partition coefficient (Wildman–Crippen LogP) is 6.07. The van der Waals surface area contributed by atoms with Gasteiger partial charge in [0.15, 0.2) is 0 Å². The molecular weight excluding hydrogens is 321 g/mol. The van der Waals surface area contributed by atoms with Gasteiger partial charge in [0, 0.05) is 28.4 Å². The quantitative estimate of drug-likeness (QED) is 0.481. The van der Waals surface area contributed by atoms with Crippen LogP contribution >= 0.6 is 11.3 Å². The molecule has 0 unspecified atom stereocenters. The van der Waals surface area contributed by atoms with E-state index in [0.717, 1.165) is 46.1 Å². The Labute approximate surface area is 146 Å². The van der Waals surface area contributed by atoms with E-state index in [1.54, 1.807) is 6.08 Å². The SMILES string of the molecule is C=C/C=C\c1c(-c2csc(C(CCC)=N/C=C(\C)F)n2)c[nH]c1C. The van der Waals surface area contributed by atoms with Crippen molar-refractivity contribution in [2.24, 2.45) is 4.99 Å². The van der Waals surface area contributed by atoms with E-state index in [1.165, 1.54) is 24.5 Å². The molecule has 3 nitrogen and oxygen atoms in total. The number of H-pyrrole nitrogens is 1. The Morgan fingerprint density at radius 1 is 1.50 bits per heavy atom. The molecule has 2 rings (SSSR count). The first-order valence-corrected chi connectivity index (χ1v) is 8.77. The van der Waals surface area contributed by atoms with Crippen LogP contribution in [0.15, 0.2) is 47.3 Å². The summed E-state index contributed by atoms with van der Waals surface area (Å²) in [4.78, 5) is 12.2. The van der Waals surface area contributed by atoms with E-state index in [-0.39, 0.29) is 5.83 Å². The van der Waals surface area contributed by atoms with Crippen molar-refractivity contribution >= 4 is 23.1 Å². The lowest BCUT2D eigenvalue weighted by atomic mass is 10.1. The van der Waals surface area contributed by atoms with Crippen molar-refractivity contribution < 1.29 is 4.39 Å². The number of aromatic amines is 1. The van der Waals surface area contributed by atoms with Gasteiger partial charge < -0.3 is 4.98 Å². The van der Waals surface area contributed by atoms with Crippen molar-refractivity contribution in [1.29, 1.82) is 0 Å². The number of allylic oxidation sites excluding steroid dienone is 3. The Morgan fingerprint density at radius 2 is 2.29 bits per heavy atom. The van der Waals surface area contributed by atoms with Crippen molar-refractivity contribution in [2.75, 3.05) is 0 Å². The molecule has 0 spiro atoms. The highest BCUT2D eigenvalue weighted by molar-refractivity contribution is 7.12. The second-order valence-electron chi connectivity index (χ2n) is 5.42. The fourth-order valence-electron chi connectivity index (χ4n) is 2.29. The van der Waals surface area contributed by atoms with Gasteiger partial charge in [-0.15, -0.1) is 11.3 Å². The van der Waals surface area contributed by atoms with Crippen molar-refractivity contribution in [2.45, 2.75) is 33.6 Å². The summed E-state index contributed by atoms with van der Waals surface area (Å²) in [7, 11) is 0. The molecule has 0 bridgehead atoms. The summed E-state index contributed by atoms with van der Waals surface area (Å²) >= 11 is 1.53. The highest BCUT2D eigenvalue weighted by Gasteiger charge is 2.14. The molecule has 0 aliphatic rings. The minimum absolute atomic E-state index is 0.307. The first-order chi connectivity index (χ1) is 11.6. The lowest BCUT2D eigenvalue weighted by Crippen LogP contribution is -1.99. The van der Waals surface area contributed by atoms with E-state index in [9.17, 15) is 4.39 Å². The van der Waals surface area contributed by atoms with Gasteiger partial charge in [0.2, 0.25) is 0 Å². The van der Waals surface area contributed by atoms with Crippen LogP contribution in [0.25, 0.3) is 17.3 Å². The van der Waals surface area contributed by atoms with E-state index in [0.29, 0.717) is 0 Å². The average Bonchev–Trinajstić information content (AvgIpc) is 3.16. The number of aromatic nitrogens is 2. The predicted molar refractivity (Wildman–Crippen MR) is 102 cm³/mol. The standard InChI is InChI=1S/C19H22FN3S/c1-5-7-9-15-14(4)21-11-16(15)18-12-24-19(23-18)17(8-6-2)22-10-13(3)20/h5,7,9-12,21H,1,6,8H2,2-4H3/b9-7-,13-10+,22-17?. The molecule has 24 heavy (non-hydrogen) atoms. The van der Waals surface area contributed by atoms with Crippen LogP contribution in [-0.4, -0.2) is 15.7 Å².